The van der Waals surface area contributed by atoms with Gasteiger partial charge in [-0.2, -0.15) is 13.2 Å². The lowest BCUT2D eigenvalue weighted by atomic mass is 9.76. The summed E-state index contributed by atoms with van der Waals surface area (Å²) in [6.07, 6.45) is -2.31. The van der Waals surface area contributed by atoms with E-state index < -0.39 is 23.7 Å². The summed E-state index contributed by atoms with van der Waals surface area (Å²) in [6.45, 7) is 2.79. The minimum atomic E-state index is -4.27. The number of likely N-dealkylation sites (tertiary alicyclic amines) is 1. The zero-order valence-corrected chi connectivity index (χ0v) is 17.9. The number of aliphatic hydroxyl groups is 1. The van der Waals surface area contributed by atoms with Crippen molar-refractivity contribution < 1.29 is 23.1 Å². The molecule has 2 N–H and O–H groups in total. The van der Waals surface area contributed by atoms with Crippen LogP contribution in [0.2, 0.25) is 0 Å². The monoisotopic (exact) mass is 448 g/mol. The van der Waals surface area contributed by atoms with Gasteiger partial charge in [0.25, 0.3) is 5.91 Å². The molecule has 1 amide bonds. The maximum absolute atomic E-state index is 13.2. The van der Waals surface area contributed by atoms with Crippen LogP contribution in [0.4, 0.5) is 13.2 Å². The van der Waals surface area contributed by atoms with Crippen LogP contribution < -0.4 is 5.32 Å². The second-order valence-electron chi connectivity index (χ2n) is 9.48. The highest BCUT2D eigenvalue weighted by Gasteiger charge is 2.46. The molecular weight excluding hydrogens is 421 g/mol. The summed E-state index contributed by atoms with van der Waals surface area (Å²) in [6, 6.07) is 8.14. The molecule has 2 unspecified atom stereocenters. The zero-order chi connectivity index (χ0) is 22.7. The quantitative estimate of drug-likeness (QED) is 0.704. The Morgan fingerprint density at radius 3 is 2.72 bits per heavy atom. The summed E-state index contributed by atoms with van der Waals surface area (Å²) in [7, 11) is 0. The molecule has 32 heavy (non-hydrogen) atoms. The number of aromatic nitrogens is 2. The summed E-state index contributed by atoms with van der Waals surface area (Å²) in [5.74, 6) is -1.63. The summed E-state index contributed by atoms with van der Waals surface area (Å²) < 4.78 is 41.2. The number of halogens is 3. The van der Waals surface area contributed by atoms with Crippen molar-refractivity contribution in [1.82, 2.24) is 19.8 Å². The number of hydrogen-bond acceptors (Lipinski definition) is 4. The lowest BCUT2D eigenvalue weighted by Gasteiger charge is -2.48. The summed E-state index contributed by atoms with van der Waals surface area (Å²) in [4.78, 5) is 19.1. The molecule has 4 atom stereocenters. The Morgan fingerprint density at radius 2 is 2.00 bits per heavy atom. The number of aliphatic hydroxyl groups excluding tert-OH is 1. The number of rotatable bonds is 1. The number of piperidine rings is 1. The number of carbonyl (C=O) groups excluding carboxylic acids is 1. The van der Waals surface area contributed by atoms with Crippen molar-refractivity contribution in [3.63, 3.8) is 0 Å². The predicted molar refractivity (Wildman–Crippen MR) is 111 cm³/mol. The minimum Gasteiger partial charge on any atom is -0.389 e. The highest BCUT2D eigenvalue weighted by atomic mass is 19.4. The van der Waals surface area contributed by atoms with E-state index in [0.29, 0.717) is 31.8 Å². The van der Waals surface area contributed by atoms with Crippen LogP contribution in [-0.2, 0) is 19.5 Å². The van der Waals surface area contributed by atoms with E-state index in [0.717, 1.165) is 0 Å². The third-order valence-corrected chi connectivity index (χ3v) is 7.39. The highest BCUT2D eigenvalue weighted by Crippen LogP contribution is 2.39. The van der Waals surface area contributed by atoms with Crippen molar-refractivity contribution in [3.8, 4) is 0 Å². The number of carbonyl (C=O) groups is 1. The number of amides is 1. The number of fused-ring (bicyclic) bond motifs is 2. The van der Waals surface area contributed by atoms with Gasteiger partial charge in [0.1, 0.15) is 11.5 Å². The number of imidazole rings is 1. The van der Waals surface area contributed by atoms with Gasteiger partial charge in [-0.3, -0.25) is 4.79 Å². The Bertz CT molecular complexity index is 1040. The maximum atomic E-state index is 13.2. The van der Waals surface area contributed by atoms with Gasteiger partial charge in [-0.25, -0.2) is 4.98 Å². The van der Waals surface area contributed by atoms with Crippen LogP contribution in [0.25, 0.3) is 0 Å². The number of nitrogens with zero attached hydrogens (tertiary/aromatic N) is 3. The first-order chi connectivity index (χ1) is 15.2. The van der Waals surface area contributed by atoms with Crippen LogP contribution in [0.15, 0.2) is 30.5 Å². The Kier molecular flexibility index (Phi) is 5.09. The van der Waals surface area contributed by atoms with Crippen molar-refractivity contribution in [1.29, 1.82) is 0 Å². The number of hydrogen-bond donors (Lipinski definition) is 2. The maximum Gasteiger partial charge on any atom is 0.393 e. The minimum absolute atomic E-state index is 0.0216. The Labute approximate surface area is 184 Å². The van der Waals surface area contributed by atoms with Gasteiger partial charge in [0, 0.05) is 38.3 Å². The second-order valence-corrected chi connectivity index (χ2v) is 9.48. The first kappa shape index (κ1) is 21.5. The van der Waals surface area contributed by atoms with Gasteiger partial charge in [-0.15, -0.1) is 0 Å². The van der Waals surface area contributed by atoms with E-state index in [1.54, 1.807) is 11.8 Å². The van der Waals surface area contributed by atoms with E-state index in [1.807, 2.05) is 12.1 Å². The van der Waals surface area contributed by atoms with Crippen molar-refractivity contribution in [2.45, 2.75) is 63.0 Å². The van der Waals surface area contributed by atoms with Gasteiger partial charge >= 0.3 is 6.18 Å². The summed E-state index contributed by atoms with van der Waals surface area (Å²) >= 11 is 0. The number of benzene rings is 1. The molecule has 3 aliphatic rings. The number of alkyl halides is 3. The third kappa shape index (κ3) is 3.61. The average Bonchev–Trinajstić information content (AvgIpc) is 3.20. The SMILES string of the molecule is CC1CC(C(F)(F)F)Cn2cc(C(=O)N3CC[C@]4(Cc5ccccc5CN4)[C@H](O)C3)nc21. The van der Waals surface area contributed by atoms with E-state index >= 15 is 0 Å². The van der Waals surface area contributed by atoms with Gasteiger partial charge < -0.3 is 19.9 Å². The molecule has 1 saturated heterocycles. The molecule has 4 heterocycles. The fourth-order valence-corrected chi connectivity index (χ4v) is 5.46. The number of β-amino-alcohol motifs (C(OH)–C–C–N with tert-alkyl or cyclic N) is 1. The van der Waals surface area contributed by atoms with Crippen LogP contribution in [0.1, 0.15) is 53.1 Å². The van der Waals surface area contributed by atoms with Crippen molar-refractivity contribution in [2.75, 3.05) is 13.1 Å². The molecule has 5 rings (SSSR count). The van der Waals surface area contributed by atoms with Crippen molar-refractivity contribution >= 4 is 5.91 Å². The van der Waals surface area contributed by atoms with E-state index in [9.17, 15) is 23.1 Å². The lowest BCUT2D eigenvalue weighted by Crippen LogP contribution is -2.65. The summed E-state index contributed by atoms with van der Waals surface area (Å²) in [5.41, 5.74) is 2.10. The molecule has 2 aromatic rings. The van der Waals surface area contributed by atoms with Crippen LogP contribution in [0.3, 0.4) is 0 Å². The highest BCUT2D eigenvalue weighted by molar-refractivity contribution is 5.92. The fraction of sp³-hybridized carbons (Fsp3) is 0.565. The van der Waals surface area contributed by atoms with Gasteiger partial charge in [0.15, 0.2) is 0 Å². The van der Waals surface area contributed by atoms with E-state index in [-0.39, 0.29) is 37.0 Å². The molecule has 6 nitrogen and oxygen atoms in total. The van der Waals surface area contributed by atoms with Crippen LogP contribution >= 0.6 is 0 Å². The van der Waals surface area contributed by atoms with Crippen molar-refractivity contribution in [3.05, 3.63) is 53.1 Å². The molecule has 0 radical (unpaired) electrons. The molecule has 3 aliphatic heterocycles. The molecule has 0 aliphatic carbocycles. The molecule has 0 bridgehead atoms. The van der Waals surface area contributed by atoms with Gasteiger partial charge in [-0.05, 0) is 30.4 Å². The largest absolute Gasteiger partial charge is 0.393 e. The molecule has 0 saturated carbocycles. The van der Waals surface area contributed by atoms with Gasteiger partial charge in [-0.1, -0.05) is 31.2 Å². The van der Waals surface area contributed by atoms with Gasteiger partial charge in [0.05, 0.1) is 17.6 Å². The van der Waals surface area contributed by atoms with Crippen molar-refractivity contribution in [2.24, 2.45) is 5.92 Å². The van der Waals surface area contributed by atoms with Crippen LogP contribution in [-0.4, -0.2) is 56.4 Å². The Morgan fingerprint density at radius 1 is 1.25 bits per heavy atom. The molecule has 1 aromatic heterocycles. The average molecular weight is 448 g/mol. The fourth-order valence-electron chi connectivity index (χ4n) is 5.46. The molecule has 1 aromatic carbocycles. The topological polar surface area (TPSA) is 70.4 Å². The van der Waals surface area contributed by atoms with E-state index in [4.69, 9.17) is 0 Å². The smallest absolute Gasteiger partial charge is 0.389 e. The molecule has 9 heteroatoms. The Balaban J connectivity index is 1.30. The van der Waals surface area contributed by atoms with Crippen LogP contribution in [0, 0.1) is 5.92 Å². The van der Waals surface area contributed by atoms with E-state index in [1.165, 1.54) is 21.9 Å². The van der Waals surface area contributed by atoms with Crippen LogP contribution in [0.5, 0.6) is 0 Å². The van der Waals surface area contributed by atoms with E-state index in [2.05, 4.69) is 22.4 Å². The standard InChI is InChI=1S/C23H27F3N4O2/c1-14-8-17(23(24,25)26)11-30-12-18(28-20(14)30)21(32)29-7-6-22(19(31)13-29)9-15-4-2-3-5-16(15)10-27-22/h2-5,12,14,17,19,27,31H,6-11,13H2,1H3/t14?,17?,19-,22+/m1/s1. The third-order valence-electron chi connectivity index (χ3n) is 7.39. The molecular formula is C23H27F3N4O2. The van der Waals surface area contributed by atoms with Gasteiger partial charge in [0.2, 0.25) is 0 Å². The first-order valence-electron chi connectivity index (χ1n) is 11.1. The summed E-state index contributed by atoms with van der Waals surface area (Å²) in [5, 5.41) is 14.5. The second kappa shape index (κ2) is 7.59. The molecule has 1 spiro atoms. The number of nitrogens with one attached hydrogen (secondary N) is 1. The predicted octanol–water partition coefficient (Wildman–Crippen LogP) is 2.86. The normalized spacial score (nSPS) is 30.2. The molecule has 172 valence electrons. The Hall–Kier alpha value is -2.39. The zero-order valence-electron chi connectivity index (χ0n) is 17.9. The first-order valence-corrected chi connectivity index (χ1v) is 11.1. The molecule has 1 fully saturated rings. The lowest BCUT2D eigenvalue weighted by molar-refractivity contribution is -0.183.